The predicted molar refractivity (Wildman–Crippen MR) is 111 cm³/mol. The maximum absolute atomic E-state index is 2.35. The predicted octanol–water partition coefficient (Wildman–Crippen LogP) is 8.63. The van der Waals surface area contributed by atoms with E-state index in [1.54, 1.807) is 89.9 Å². The zero-order valence-corrected chi connectivity index (χ0v) is 19.5. The van der Waals surface area contributed by atoms with Crippen LogP contribution in [0.1, 0.15) is 122 Å². The van der Waals surface area contributed by atoms with Crippen LogP contribution in [0.2, 0.25) is 16.2 Å². The first kappa shape index (κ1) is 19.6. The van der Waals surface area contributed by atoms with Crippen LogP contribution in [0.4, 0.5) is 0 Å². The third-order valence-electron chi connectivity index (χ3n) is 8.31. The third-order valence-corrected chi connectivity index (χ3v) is 29.7. The summed E-state index contributed by atoms with van der Waals surface area (Å²) in [5, 5.41) is 0. The Hall–Kier alpha value is 0.799. The molecule has 0 heterocycles. The van der Waals surface area contributed by atoms with E-state index in [1.165, 1.54) is 37.5 Å². The van der Waals surface area contributed by atoms with Crippen LogP contribution in [0.25, 0.3) is 0 Å². The fraction of sp³-hybridized carbons (Fsp3) is 1.00. The molecule has 0 unspecified atom stereocenters. The first-order valence-electron chi connectivity index (χ1n) is 11.9. The summed E-state index contributed by atoms with van der Waals surface area (Å²) in [4.78, 5) is 0. The molecule has 3 fully saturated rings. The molecule has 3 saturated carbocycles. The van der Waals surface area contributed by atoms with Gasteiger partial charge in [0.2, 0.25) is 0 Å². The minimum atomic E-state index is -2.01. The molecule has 0 nitrogen and oxygen atoms in total. The molecule has 0 aromatic rings. The van der Waals surface area contributed by atoms with Gasteiger partial charge in [-0.1, -0.05) is 0 Å². The van der Waals surface area contributed by atoms with Crippen molar-refractivity contribution in [1.29, 1.82) is 0 Å². The van der Waals surface area contributed by atoms with Crippen LogP contribution in [0.5, 0.6) is 0 Å². The molecular formula is C23H44Sn. The Balaban J connectivity index is 1.67. The van der Waals surface area contributed by atoms with Crippen molar-refractivity contribution in [1.82, 2.24) is 0 Å². The van der Waals surface area contributed by atoms with Gasteiger partial charge in [0.05, 0.1) is 0 Å². The van der Waals surface area contributed by atoms with Crippen molar-refractivity contribution in [3.8, 4) is 0 Å². The molecule has 0 atom stereocenters. The topological polar surface area (TPSA) is 0 Å². The molecule has 3 aliphatic carbocycles. The summed E-state index contributed by atoms with van der Waals surface area (Å²) in [5.41, 5.74) is 0. The fourth-order valence-electron chi connectivity index (χ4n) is 7.21. The van der Waals surface area contributed by atoms with Gasteiger partial charge in [-0.2, -0.15) is 0 Å². The Bertz CT molecular complexity index is 291. The van der Waals surface area contributed by atoms with E-state index in [1.807, 2.05) is 4.44 Å². The standard InChI is InChI=1S/C8H17.3C5H9.Sn/c1-3-5-7-8-6-4-2;3*1-2-4-5-3-1;/h1,3-8H2,2H3;3*1H,2-5H2;. The van der Waals surface area contributed by atoms with E-state index < -0.39 is 18.4 Å². The van der Waals surface area contributed by atoms with Gasteiger partial charge in [-0.05, 0) is 0 Å². The number of unbranched alkanes of at least 4 members (excludes halogenated alkanes) is 5. The van der Waals surface area contributed by atoms with Crippen molar-refractivity contribution in [2.24, 2.45) is 0 Å². The van der Waals surface area contributed by atoms with Crippen molar-refractivity contribution >= 4 is 18.4 Å². The van der Waals surface area contributed by atoms with Gasteiger partial charge in [0.1, 0.15) is 0 Å². The molecule has 0 amide bonds. The summed E-state index contributed by atoms with van der Waals surface area (Å²) in [6, 6.07) is 0. The van der Waals surface area contributed by atoms with E-state index >= 15 is 0 Å². The summed E-state index contributed by atoms with van der Waals surface area (Å²) < 4.78 is 5.78. The molecule has 0 aromatic carbocycles. The van der Waals surface area contributed by atoms with E-state index in [0.29, 0.717) is 0 Å². The summed E-state index contributed by atoms with van der Waals surface area (Å²) in [7, 11) is 0. The van der Waals surface area contributed by atoms with E-state index in [2.05, 4.69) is 6.92 Å². The Morgan fingerprint density at radius 1 is 0.542 bits per heavy atom. The molecule has 140 valence electrons. The Kier molecular flexibility index (Phi) is 8.32. The molecule has 0 bridgehead atoms. The number of hydrogen-bond acceptors (Lipinski definition) is 0. The van der Waals surface area contributed by atoms with Crippen LogP contribution < -0.4 is 0 Å². The van der Waals surface area contributed by atoms with Gasteiger partial charge in [-0.15, -0.1) is 0 Å². The van der Waals surface area contributed by atoms with E-state index in [-0.39, 0.29) is 0 Å². The van der Waals surface area contributed by atoms with Gasteiger partial charge >= 0.3 is 157 Å². The van der Waals surface area contributed by atoms with Gasteiger partial charge in [-0.3, -0.25) is 0 Å². The second-order valence-corrected chi connectivity index (χ2v) is 24.3. The Morgan fingerprint density at radius 2 is 0.917 bits per heavy atom. The van der Waals surface area contributed by atoms with Crippen LogP contribution in [-0.4, -0.2) is 18.4 Å². The molecule has 3 rings (SSSR count). The van der Waals surface area contributed by atoms with Crippen LogP contribution >= 0.6 is 0 Å². The molecular weight excluding hydrogens is 395 g/mol. The van der Waals surface area contributed by atoms with Gasteiger partial charge in [0, 0.05) is 0 Å². The summed E-state index contributed by atoms with van der Waals surface area (Å²) in [6.45, 7) is 2.35. The fourth-order valence-corrected chi connectivity index (χ4v) is 31.6. The zero-order valence-electron chi connectivity index (χ0n) is 16.7. The minimum absolute atomic E-state index is 1.32. The molecule has 0 spiro atoms. The molecule has 0 aliphatic heterocycles. The summed E-state index contributed by atoms with van der Waals surface area (Å²) in [6.07, 6.45) is 28.8. The second kappa shape index (κ2) is 10.2. The molecule has 0 radical (unpaired) electrons. The number of rotatable bonds is 10. The van der Waals surface area contributed by atoms with Crippen LogP contribution in [0.3, 0.4) is 0 Å². The van der Waals surface area contributed by atoms with E-state index in [9.17, 15) is 0 Å². The van der Waals surface area contributed by atoms with Crippen LogP contribution in [-0.2, 0) is 0 Å². The van der Waals surface area contributed by atoms with Crippen molar-refractivity contribution in [2.45, 2.75) is 139 Å². The molecule has 0 N–H and O–H groups in total. The molecule has 0 aromatic heterocycles. The van der Waals surface area contributed by atoms with Crippen molar-refractivity contribution in [3.63, 3.8) is 0 Å². The van der Waals surface area contributed by atoms with Gasteiger partial charge in [-0.25, -0.2) is 0 Å². The average Bonchev–Trinajstić information content (AvgIpc) is 3.37. The second-order valence-electron chi connectivity index (χ2n) is 9.57. The quantitative estimate of drug-likeness (QED) is 0.236. The maximum atomic E-state index is 2.35. The van der Waals surface area contributed by atoms with E-state index in [4.69, 9.17) is 0 Å². The van der Waals surface area contributed by atoms with Crippen molar-refractivity contribution in [2.75, 3.05) is 0 Å². The normalized spacial score (nSPS) is 24.4. The van der Waals surface area contributed by atoms with E-state index in [0.717, 1.165) is 0 Å². The zero-order chi connectivity index (χ0) is 16.7. The SMILES string of the molecule is CCCCCCC[CH2][Sn]([CH]1CCCC1)([CH]1CCCC1)[CH]1CCCC1. The Morgan fingerprint density at radius 3 is 1.33 bits per heavy atom. The third kappa shape index (κ3) is 4.55. The Labute approximate surface area is 156 Å². The summed E-state index contributed by atoms with van der Waals surface area (Å²) >= 11 is -2.01. The number of hydrogen-bond donors (Lipinski definition) is 0. The summed E-state index contributed by atoms with van der Waals surface area (Å²) in [5.74, 6) is 0. The first-order valence-corrected chi connectivity index (χ1v) is 18.8. The van der Waals surface area contributed by atoms with Crippen molar-refractivity contribution in [3.05, 3.63) is 0 Å². The molecule has 24 heavy (non-hydrogen) atoms. The van der Waals surface area contributed by atoms with Crippen LogP contribution in [0, 0.1) is 0 Å². The van der Waals surface area contributed by atoms with Crippen LogP contribution in [0.15, 0.2) is 0 Å². The van der Waals surface area contributed by atoms with Gasteiger partial charge < -0.3 is 0 Å². The first-order chi connectivity index (χ1) is 11.9. The molecule has 3 aliphatic rings. The molecule has 0 saturated heterocycles. The average molecular weight is 439 g/mol. The monoisotopic (exact) mass is 440 g/mol. The van der Waals surface area contributed by atoms with Gasteiger partial charge in [0.15, 0.2) is 0 Å². The van der Waals surface area contributed by atoms with Crippen molar-refractivity contribution < 1.29 is 0 Å². The van der Waals surface area contributed by atoms with Gasteiger partial charge in [0.25, 0.3) is 0 Å². The molecule has 1 heteroatoms.